The highest BCUT2D eigenvalue weighted by atomic mass is 32.2. The Bertz CT molecular complexity index is 1160. The maximum Gasteiger partial charge on any atom is 0.416 e. The number of amides is 1. The standard InChI is InChI=1S/C22H14F3NO2S2/c1-13-5-7-16(8-6-13)26-20(27)19(30-21(26)29)12-17-9-10-18(28-17)14-3-2-4-15(11-14)22(23,24)25/h2-12H,1H3/b19-12-. The number of carbonyl (C=O) groups excluding carboxylic acids is 1. The van der Waals surface area contributed by atoms with Crippen LogP contribution in [0.3, 0.4) is 0 Å². The maximum absolute atomic E-state index is 12.9. The first kappa shape index (κ1) is 20.4. The smallest absolute Gasteiger partial charge is 0.416 e. The van der Waals surface area contributed by atoms with Gasteiger partial charge in [-0.1, -0.05) is 53.8 Å². The lowest BCUT2D eigenvalue weighted by Gasteiger charge is -2.14. The minimum Gasteiger partial charge on any atom is -0.457 e. The van der Waals surface area contributed by atoms with Gasteiger partial charge in [0.05, 0.1) is 16.2 Å². The van der Waals surface area contributed by atoms with Crippen LogP contribution in [0.25, 0.3) is 17.4 Å². The summed E-state index contributed by atoms with van der Waals surface area (Å²) in [6, 6.07) is 15.5. The Hall–Kier alpha value is -2.84. The van der Waals surface area contributed by atoms with E-state index in [0.717, 1.165) is 29.5 Å². The van der Waals surface area contributed by atoms with Crippen LogP contribution in [0.15, 0.2) is 70.0 Å². The van der Waals surface area contributed by atoms with Crippen LogP contribution in [0, 0.1) is 6.92 Å². The molecular weight excluding hydrogens is 431 g/mol. The monoisotopic (exact) mass is 445 g/mol. The number of alkyl halides is 3. The number of nitrogens with zero attached hydrogens (tertiary/aromatic N) is 1. The molecule has 30 heavy (non-hydrogen) atoms. The minimum atomic E-state index is -4.44. The molecule has 1 fully saturated rings. The van der Waals surface area contributed by atoms with E-state index >= 15 is 0 Å². The highest BCUT2D eigenvalue weighted by Gasteiger charge is 2.33. The summed E-state index contributed by atoms with van der Waals surface area (Å²) in [4.78, 5) is 14.6. The van der Waals surface area contributed by atoms with Gasteiger partial charge in [0.15, 0.2) is 4.32 Å². The van der Waals surface area contributed by atoms with Crippen molar-refractivity contribution in [2.45, 2.75) is 13.1 Å². The van der Waals surface area contributed by atoms with Gasteiger partial charge >= 0.3 is 6.18 Å². The van der Waals surface area contributed by atoms with Crippen LogP contribution in [-0.2, 0) is 11.0 Å². The van der Waals surface area contributed by atoms with E-state index in [2.05, 4.69) is 0 Å². The fourth-order valence-electron chi connectivity index (χ4n) is 2.95. The molecule has 0 atom stereocenters. The van der Waals surface area contributed by atoms with Crippen molar-refractivity contribution in [3.8, 4) is 11.3 Å². The van der Waals surface area contributed by atoms with E-state index in [9.17, 15) is 18.0 Å². The maximum atomic E-state index is 12.9. The van der Waals surface area contributed by atoms with Gasteiger partial charge in [-0.15, -0.1) is 0 Å². The number of rotatable bonds is 3. The Balaban J connectivity index is 1.60. The minimum absolute atomic E-state index is 0.272. The van der Waals surface area contributed by atoms with Gasteiger partial charge < -0.3 is 4.42 Å². The summed E-state index contributed by atoms with van der Waals surface area (Å²) in [5.74, 6) is 0.360. The second-order valence-corrected chi connectivity index (χ2v) is 8.31. The molecule has 1 saturated heterocycles. The molecule has 0 aliphatic carbocycles. The number of thiocarbonyl (C=S) groups is 1. The zero-order valence-electron chi connectivity index (χ0n) is 15.6. The van der Waals surface area contributed by atoms with Crippen LogP contribution in [0.2, 0.25) is 0 Å². The van der Waals surface area contributed by atoms with Gasteiger partial charge in [0.2, 0.25) is 0 Å². The Morgan fingerprint density at radius 1 is 1.07 bits per heavy atom. The molecule has 3 nitrogen and oxygen atoms in total. The molecule has 1 aromatic heterocycles. The lowest BCUT2D eigenvalue weighted by molar-refractivity contribution is -0.137. The highest BCUT2D eigenvalue weighted by molar-refractivity contribution is 8.27. The first-order valence-electron chi connectivity index (χ1n) is 8.84. The summed E-state index contributed by atoms with van der Waals surface area (Å²) in [7, 11) is 0. The summed E-state index contributed by atoms with van der Waals surface area (Å²) < 4.78 is 44.9. The van der Waals surface area contributed by atoms with Gasteiger partial charge in [0, 0.05) is 11.6 Å². The third-order valence-corrected chi connectivity index (χ3v) is 5.76. The average molecular weight is 445 g/mol. The van der Waals surface area contributed by atoms with Gasteiger partial charge in [-0.3, -0.25) is 9.69 Å². The number of hydrogen-bond donors (Lipinski definition) is 0. The summed E-state index contributed by atoms with van der Waals surface area (Å²) in [5, 5.41) is 0. The SMILES string of the molecule is Cc1ccc(N2C(=O)/C(=C/c3ccc(-c4cccc(C(F)(F)F)c4)o3)SC2=S)cc1. The predicted molar refractivity (Wildman–Crippen MR) is 116 cm³/mol. The van der Waals surface area contributed by atoms with E-state index in [4.69, 9.17) is 16.6 Å². The second kappa shape index (κ2) is 7.77. The topological polar surface area (TPSA) is 33.5 Å². The van der Waals surface area contributed by atoms with Gasteiger partial charge in [-0.05, 0) is 43.3 Å². The molecule has 0 radical (unpaired) electrons. The molecule has 3 aromatic rings. The van der Waals surface area contributed by atoms with E-state index in [0.29, 0.717) is 26.2 Å². The van der Waals surface area contributed by atoms with Crippen molar-refractivity contribution in [3.63, 3.8) is 0 Å². The fourth-order valence-corrected chi connectivity index (χ4v) is 4.23. The Morgan fingerprint density at radius 2 is 1.80 bits per heavy atom. The van der Waals surface area contributed by atoms with E-state index in [1.54, 1.807) is 18.2 Å². The number of halogens is 3. The van der Waals surface area contributed by atoms with Crippen LogP contribution in [0.4, 0.5) is 18.9 Å². The van der Waals surface area contributed by atoms with Crippen molar-refractivity contribution in [2.24, 2.45) is 0 Å². The zero-order chi connectivity index (χ0) is 21.5. The van der Waals surface area contributed by atoms with Gasteiger partial charge in [0.1, 0.15) is 11.5 Å². The van der Waals surface area contributed by atoms with Crippen LogP contribution in [-0.4, -0.2) is 10.2 Å². The third kappa shape index (κ3) is 4.06. The van der Waals surface area contributed by atoms with Crippen LogP contribution < -0.4 is 4.90 Å². The zero-order valence-corrected chi connectivity index (χ0v) is 17.2. The first-order chi connectivity index (χ1) is 14.2. The van der Waals surface area contributed by atoms with Crippen molar-refractivity contribution in [1.29, 1.82) is 0 Å². The quantitative estimate of drug-likeness (QED) is 0.333. The number of carbonyl (C=O) groups is 1. The van der Waals surface area contributed by atoms with Crippen molar-refractivity contribution in [1.82, 2.24) is 0 Å². The van der Waals surface area contributed by atoms with Gasteiger partial charge in [-0.2, -0.15) is 13.2 Å². The first-order valence-corrected chi connectivity index (χ1v) is 10.1. The third-order valence-electron chi connectivity index (χ3n) is 4.46. The molecular formula is C22H14F3NO2S2. The predicted octanol–water partition coefficient (Wildman–Crippen LogP) is 6.68. The normalized spacial score (nSPS) is 16.0. The number of hydrogen-bond acceptors (Lipinski definition) is 4. The largest absolute Gasteiger partial charge is 0.457 e. The van der Waals surface area contributed by atoms with Gasteiger partial charge in [-0.25, -0.2) is 0 Å². The summed E-state index contributed by atoms with van der Waals surface area (Å²) in [6.45, 7) is 1.95. The molecule has 1 amide bonds. The van der Waals surface area contributed by atoms with Crippen LogP contribution in [0.5, 0.6) is 0 Å². The Labute approximate surface area is 180 Å². The molecule has 0 saturated carbocycles. The Kier molecular flexibility index (Phi) is 5.29. The van der Waals surface area contributed by atoms with Crippen LogP contribution >= 0.6 is 24.0 Å². The van der Waals surface area contributed by atoms with E-state index in [1.165, 1.54) is 17.0 Å². The molecule has 0 unspecified atom stereocenters. The molecule has 4 rings (SSSR count). The Morgan fingerprint density at radius 3 is 2.50 bits per heavy atom. The van der Waals surface area contributed by atoms with E-state index in [1.807, 2.05) is 31.2 Å². The summed E-state index contributed by atoms with van der Waals surface area (Å²) >= 11 is 6.49. The second-order valence-electron chi connectivity index (χ2n) is 6.63. The number of aryl methyl sites for hydroxylation is 1. The molecule has 1 aliphatic heterocycles. The molecule has 8 heteroatoms. The van der Waals surface area contributed by atoms with E-state index < -0.39 is 11.7 Å². The summed E-state index contributed by atoms with van der Waals surface area (Å²) in [5.41, 5.74) is 1.29. The molecule has 1 aliphatic rings. The number of furan rings is 1. The highest BCUT2D eigenvalue weighted by Crippen LogP contribution is 2.37. The lowest BCUT2D eigenvalue weighted by Crippen LogP contribution is -2.27. The average Bonchev–Trinajstić information content (AvgIpc) is 3.27. The summed E-state index contributed by atoms with van der Waals surface area (Å²) in [6.07, 6.45) is -2.89. The molecule has 0 bridgehead atoms. The molecule has 2 heterocycles. The van der Waals surface area contributed by atoms with Crippen molar-refractivity contribution in [3.05, 3.63) is 82.5 Å². The van der Waals surface area contributed by atoms with E-state index in [-0.39, 0.29) is 11.7 Å². The van der Waals surface area contributed by atoms with Crippen molar-refractivity contribution in [2.75, 3.05) is 4.90 Å². The molecule has 2 aromatic carbocycles. The number of anilines is 1. The lowest BCUT2D eigenvalue weighted by atomic mass is 10.1. The molecule has 0 spiro atoms. The van der Waals surface area contributed by atoms with Crippen LogP contribution in [0.1, 0.15) is 16.9 Å². The molecule has 152 valence electrons. The number of thioether (sulfide) groups is 1. The molecule has 0 N–H and O–H groups in total. The number of benzene rings is 2. The van der Waals surface area contributed by atoms with Gasteiger partial charge in [0.25, 0.3) is 5.91 Å². The fraction of sp³-hybridized carbons (Fsp3) is 0.0909. The van der Waals surface area contributed by atoms with Crippen molar-refractivity contribution < 1.29 is 22.4 Å². The van der Waals surface area contributed by atoms with Crippen molar-refractivity contribution >= 4 is 46.0 Å².